The van der Waals surface area contributed by atoms with Gasteiger partial charge >= 0.3 is 6.18 Å². The molecular formula is C23H21F3N4O2S. The summed E-state index contributed by atoms with van der Waals surface area (Å²) >= 11 is 5.29. The third-order valence-electron chi connectivity index (χ3n) is 5.12. The Bertz CT molecular complexity index is 1130. The minimum atomic E-state index is -4.46. The Morgan fingerprint density at radius 2 is 1.55 bits per heavy atom. The maximum Gasteiger partial charge on any atom is 0.416 e. The number of benzene rings is 2. The van der Waals surface area contributed by atoms with E-state index in [-0.39, 0.29) is 22.5 Å². The van der Waals surface area contributed by atoms with Gasteiger partial charge in [0.15, 0.2) is 10.9 Å². The lowest BCUT2D eigenvalue weighted by atomic mass is 10.1. The minimum Gasteiger partial charge on any atom is -0.459 e. The van der Waals surface area contributed by atoms with Crippen molar-refractivity contribution in [1.82, 2.24) is 0 Å². The van der Waals surface area contributed by atoms with Gasteiger partial charge in [0.25, 0.3) is 5.91 Å². The Kier molecular flexibility index (Phi) is 6.55. The van der Waals surface area contributed by atoms with Crippen LogP contribution in [0.1, 0.15) is 29.0 Å². The van der Waals surface area contributed by atoms with Crippen molar-refractivity contribution < 1.29 is 22.4 Å². The van der Waals surface area contributed by atoms with Crippen LogP contribution in [0.5, 0.6) is 0 Å². The molecule has 3 aromatic rings. The molecule has 2 aromatic carbocycles. The second-order valence-electron chi connectivity index (χ2n) is 7.55. The van der Waals surface area contributed by atoms with Crippen LogP contribution < -0.4 is 20.9 Å². The van der Waals surface area contributed by atoms with E-state index in [1.165, 1.54) is 12.3 Å². The first kappa shape index (κ1) is 22.7. The van der Waals surface area contributed by atoms with E-state index in [9.17, 15) is 18.0 Å². The van der Waals surface area contributed by atoms with Gasteiger partial charge in [-0.15, -0.1) is 0 Å². The number of nitrogens with zero attached hydrogens (tertiary/aromatic N) is 1. The first-order valence-corrected chi connectivity index (χ1v) is 10.7. The molecule has 1 aliphatic rings. The number of rotatable bonds is 5. The Morgan fingerprint density at radius 1 is 0.909 bits per heavy atom. The van der Waals surface area contributed by atoms with Crippen molar-refractivity contribution in [3.63, 3.8) is 0 Å². The molecule has 1 amide bonds. The van der Waals surface area contributed by atoms with Crippen LogP contribution in [0.3, 0.4) is 0 Å². The van der Waals surface area contributed by atoms with E-state index in [4.69, 9.17) is 16.6 Å². The highest BCUT2D eigenvalue weighted by atomic mass is 32.1. The fourth-order valence-corrected chi connectivity index (χ4v) is 3.77. The van der Waals surface area contributed by atoms with E-state index < -0.39 is 11.7 Å². The van der Waals surface area contributed by atoms with E-state index in [1.807, 2.05) is 4.90 Å². The van der Waals surface area contributed by atoms with E-state index >= 15 is 0 Å². The lowest BCUT2D eigenvalue weighted by Gasteiger charge is -2.21. The van der Waals surface area contributed by atoms with Crippen LogP contribution in [0.25, 0.3) is 0 Å². The van der Waals surface area contributed by atoms with E-state index in [1.54, 1.807) is 42.5 Å². The highest BCUT2D eigenvalue weighted by molar-refractivity contribution is 7.80. The zero-order valence-corrected chi connectivity index (χ0v) is 18.2. The summed E-state index contributed by atoms with van der Waals surface area (Å²) in [7, 11) is 0. The van der Waals surface area contributed by atoms with Crippen LogP contribution in [0.15, 0.2) is 65.3 Å². The molecule has 172 valence electrons. The normalized spacial score (nSPS) is 13.6. The number of alkyl halides is 3. The number of furan rings is 1. The van der Waals surface area contributed by atoms with Gasteiger partial charge in [-0.1, -0.05) is 0 Å². The Labute approximate surface area is 193 Å². The third kappa shape index (κ3) is 5.83. The quantitative estimate of drug-likeness (QED) is 0.397. The molecule has 4 rings (SSSR count). The predicted molar refractivity (Wildman–Crippen MR) is 126 cm³/mol. The molecule has 0 unspecified atom stereocenters. The molecule has 0 radical (unpaired) electrons. The van der Waals surface area contributed by atoms with Gasteiger partial charge in [0.1, 0.15) is 0 Å². The van der Waals surface area contributed by atoms with Crippen LogP contribution in [0.4, 0.5) is 35.9 Å². The summed E-state index contributed by atoms with van der Waals surface area (Å²) in [4.78, 5) is 14.0. The molecule has 1 fully saturated rings. The summed E-state index contributed by atoms with van der Waals surface area (Å²) < 4.78 is 45.3. The van der Waals surface area contributed by atoms with Gasteiger partial charge in [-0.2, -0.15) is 13.2 Å². The van der Waals surface area contributed by atoms with Gasteiger partial charge in [0.05, 0.1) is 11.8 Å². The number of carbonyl (C=O) groups is 1. The SMILES string of the molecule is O=C(Nc1ccc(NC(=S)Nc2cc(N3CCCC3)cc(C(F)(F)F)c2)cc1)c1ccco1. The molecule has 10 heteroatoms. The van der Waals surface area contributed by atoms with Crippen molar-refractivity contribution in [2.45, 2.75) is 19.0 Å². The minimum absolute atomic E-state index is 0.147. The van der Waals surface area contributed by atoms with E-state index in [2.05, 4.69) is 16.0 Å². The van der Waals surface area contributed by atoms with Crippen LogP contribution in [-0.4, -0.2) is 24.1 Å². The molecule has 2 heterocycles. The molecule has 33 heavy (non-hydrogen) atoms. The molecule has 0 atom stereocenters. The monoisotopic (exact) mass is 474 g/mol. The molecule has 0 aliphatic carbocycles. The van der Waals surface area contributed by atoms with Crippen molar-refractivity contribution in [1.29, 1.82) is 0 Å². The predicted octanol–water partition coefficient (Wildman–Crippen LogP) is 5.96. The molecule has 0 saturated carbocycles. The zero-order valence-electron chi connectivity index (χ0n) is 17.4. The van der Waals surface area contributed by atoms with Crippen LogP contribution in [0, 0.1) is 0 Å². The molecule has 0 bridgehead atoms. The van der Waals surface area contributed by atoms with Crippen LogP contribution in [0.2, 0.25) is 0 Å². The molecule has 6 nitrogen and oxygen atoms in total. The van der Waals surface area contributed by atoms with Crippen molar-refractivity contribution in [3.8, 4) is 0 Å². The topological polar surface area (TPSA) is 69.5 Å². The number of hydrogen-bond donors (Lipinski definition) is 3. The molecule has 1 saturated heterocycles. The number of nitrogens with one attached hydrogen (secondary N) is 3. The van der Waals surface area contributed by atoms with Gasteiger partial charge in [-0.25, -0.2) is 0 Å². The smallest absolute Gasteiger partial charge is 0.416 e. The Morgan fingerprint density at radius 3 is 2.15 bits per heavy atom. The summed E-state index contributed by atoms with van der Waals surface area (Å²) in [6, 6.07) is 13.8. The van der Waals surface area contributed by atoms with Gasteiger partial charge in [0, 0.05) is 35.8 Å². The number of hydrogen-bond acceptors (Lipinski definition) is 4. The summed E-state index contributed by atoms with van der Waals surface area (Å²) in [5.74, 6) is -0.187. The van der Waals surface area contributed by atoms with E-state index in [0.29, 0.717) is 17.1 Å². The van der Waals surface area contributed by atoms with Crippen LogP contribution in [-0.2, 0) is 6.18 Å². The maximum absolute atomic E-state index is 13.4. The van der Waals surface area contributed by atoms with Crippen LogP contribution >= 0.6 is 12.2 Å². The lowest BCUT2D eigenvalue weighted by molar-refractivity contribution is -0.137. The first-order chi connectivity index (χ1) is 15.8. The molecular weight excluding hydrogens is 453 g/mol. The number of thiocarbonyl (C=S) groups is 1. The number of carbonyl (C=O) groups excluding carboxylic acids is 1. The number of anilines is 4. The maximum atomic E-state index is 13.4. The second kappa shape index (κ2) is 9.53. The Hall–Kier alpha value is -3.53. The fourth-order valence-electron chi connectivity index (χ4n) is 3.54. The first-order valence-electron chi connectivity index (χ1n) is 10.3. The third-order valence-corrected chi connectivity index (χ3v) is 5.32. The molecule has 3 N–H and O–H groups in total. The fraction of sp³-hybridized carbons (Fsp3) is 0.217. The molecule has 0 spiro atoms. The number of halogens is 3. The summed E-state index contributed by atoms with van der Waals surface area (Å²) in [6.45, 7) is 1.46. The van der Waals surface area contributed by atoms with Gasteiger partial charge in [-0.3, -0.25) is 4.79 Å². The highest BCUT2D eigenvalue weighted by Gasteiger charge is 2.32. The van der Waals surface area contributed by atoms with Gasteiger partial charge < -0.3 is 25.3 Å². The van der Waals surface area contributed by atoms with Gasteiger partial charge in [0.2, 0.25) is 0 Å². The highest BCUT2D eigenvalue weighted by Crippen LogP contribution is 2.35. The average Bonchev–Trinajstić information content (AvgIpc) is 3.49. The van der Waals surface area contributed by atoms with Gasteiger partial charge in [-0.05, 0) is 79.7 Å². The molecule has 1 aliphatic heterocycles. The zero-order chi connectivity index (χ0) is 23.4. The molecule has 1 aromatic heterocycles. The summed E-state index contributed by atoms with van der Waals surface area (Å²) in [5.41, 5.74) is 1.20. The standard InChI is InChI=1S/C23H21F3N4O2S/c24-23(25,26)15-12-18(14-19(13-15)30-9-1-2-10-30)29-22(33)28-17-7-5-16(6-8-17)27-21(31)20-4-3-11-32-20/h3-8,11-14H,1-2,9-10H2,(H,27,31)(H2,28,29,33). The van der Waals surface area contributed by atoms with Crippen molar-refractivity contribution in [2.24, 2.45) is 0 Å². The van der Waals surface area contributed by atoms with Crippen molar-refractivity contribution >= 4 is 46.0 Å². The van der Waals surface area contributed by atoms with E-state index in [0.717, 1.165) is 32.0 Å². The largest absolute Gasteiger partial charge is 0.459 e. The van der Waals surface area contributed by atoms with Crippen molar-refractivity contribution in [2.75, 3.05) is 33.9 Å². The second-order valence-corrected chi connectivity index (χ2v) is 7.96. The Balaban J connectivity index is 1.41. The summed E-state index contributed by atoms with van der Waals surface area (Å²) in [5, 5.41) is 8.63. The lowest BCUT2D eigenvalue weighted by Crippen LogP contribution is -2.22. The average molecular weight is 475 g/mol. The number of amides is 1. The summed E-state index contributed by atoms with van der Waals surface area (Å²) in [6.07, 6.45) is -1.14. The van der Waals surface area contributed by atoms with Crippen molar-refractivity contribution in [3.05, 3.63) is 72.2 Å².